The summed E-state index contributed by atoms with van der Waals surface area (Å²) in [7, 11) is 6.41. The Morgan fingerprint density at radius 1 is 0.833 bits per heavy atom. The molecule has 0 saturated heterocycles. The van der Waals surface area contributed by atoms with Gasteiger partial charge in [-0.1, -0.05) is 54.6 Å². The Labute approximate surface area is 142 Å². The molecule has 0 aliphatic rings. The van der Waals surface area contributed by atoms with E-state index in [1.165, 1.54) is 44.2 Å². The fourth-order valence-electron chi connectivity index (χ4n) is 3.86. The Morgan fingerprint density at radius 2 is 1.58 bits per heavy atom. The molecule has 24 heavy (non-hydrogen) atoms. The van der Waals surface area contributed by atoms with E-state index in [9.17, 15) is 0 Å². The summed E-state index contributed by atoms with van der Waals surface area (Å²) in [6.45, 7) is 2.23. The number of anilines is 1. The molecule has 0 atom stereocenters. The Bertz CT molecular complexity index is 1040. The molecule has 3 aromatic carbocycles. The largest absolute Gasteiger partial charge is 0.377 e. The molecule has 4 aromatic rings. The van der Waals surface area contributed by atoms with E-state index in [1.54, 1.807) is 0 Å². The van der Waals surface area contributed by atoms with E-state index in [4.69, 9.17) is 0 Å². The van der Waals surface area contributed by atoms with Gasteiger partial charge in [0.15, 0.2) is 0 Å². The fraction of sp³-hybridized carbons (Fsp3) is 0.182. The van der Waals surface area contributed by atoms with Crippen molar-refractivity contribution in [1.82, 2.24) is 4.57 Å². The van der Waals surface area contributed by atoms with E-state index in [-0.39, 0.29) is 0 Å². The second-order valence-electron chi connectivity index (χ2n) is 6.63. The van der Waals surface area contributed by atoms with Gasteiger partial charge in [0.2, 0.25) is 0 Å². The number of aryl methyl sites for hydroxylation is 2. The van der Waals surface area contributed by atoms with Crippen LogP contribution in [0.2, 0.25) is 0 Å². The number of aromatic nitrogens is 1. The molecule has 0 spiro atoms. The Hall–Kier alpha value is -2.74. The molecule has 2 heteroatoms. The number of rotatable bonds is 2. The van der Waals surface area contributed by atoms with Crippen LogP contribution in [0, 0.1) is 6.92 Å². The van der Waals surface area contributed by atoms with Crippen molar-refractivity contribution in [3.63, 3.8) is 0 Å². The molecule has 0 aliphatic carbocycles. The van der Waals surface area contributed by atoms with Gasteiger partial charge in [-0.15, -0.1) is 0 Å². The molecule has 120 valence electrons. The summed E-state index contributed by atoms with van der Waals surface area (Å²) < 4.78 is 2.36. The topological polar surface area (TPSA) is 8.17 Å². The summed E-state index contributed by atoms with van der Waals surface area (Å²) in [4.78, 5) is 2.20. The summed E-state index contributed by atoms with van der Waals surface area (Å²) in [5.41, 5.74) is 6.48. The lowest BCUT2D eigenvalue weighted by Gasteiger charge is -2.17. The minimum Gasteiger partial charge on any atom is -0.377 e. The van der Waals surface area contributed by atoms with Gasteiger partial charge in [0.25, 0.3) is 0 Å². The summed E-state index contributed by atoms with van der Waals surface area (Å²) in [6, 6.07) is 21.7. The summed E-state index contributed by atoms with van der Waals surface area (Å²) in [5, 5.41) is 3.94. The van der Waals surface area contributed by atoms with Crippen molar-refractivity contribution in [3.8, 4) is 11.3 Å². The van der Waals surface area contributed by atoms with E-state index < -0.39 is 0 Å². The molecule has 0 bridgehead atoms. The molecule has 2 nitrogen and oxygen atoms in total. The first kappa shape index (κ1) is 14.8. The molecule has 4 rings (SSSR count). The van der Waals surface area contributed by atoms with Gasteiger partial charge in [-0.2, -0.15) is 0 Å². The molecule has 0 saturated carbocycles. The second kappa shape index (κ2) is 5.41. The lowest BCUT2D eigenvalue weighted by atomic mass is 10.0. The quantitative estimate of drug-likeness (QED) is 0.483. The third kappa shape index (κ3) is 2.03. The van der Waals surface area contributed by atoms with Crippen molar-refractivity contribution < 1.29 is 0 Å². The van der Waals surface area contributed by atoms with Crippen molar-refractivity contribution in [2.45, 2.75) is 6.92 Å². The van der Waals surface area contributed by atoms with Crippen LogP contribution in [0.5, 0.6) is 0 Å². The number of hydrogen-bond acceptors (Lipinski definition) is 1. The minimum absolute atomic E-state index is 1.26. The van der Waals surface area contributed by atoms with Gasteiger partial charge < -0.3 is 9.47 Å². The first-order valence-electron chi connectivity index (χ1n) is 8.33. The molecule has 0 amide bonds. The average Bonchev–Trinajstić information content (AvgIpc) is 2.86. The zero-order valence-electron chi connectivity index (χ0n) is 14.7. The SMILES string of the molecule is Cc1c(-c2ccccc2)n(C)c2c1ccc1cccc(N(C)C)c12. The molecular formula is C22H22N2. The van der Waals surface area contributed by atoms with Crippen LogP contribution in [0.4, 0.5) is 5.69 Å². The highest BCUT2D eigenvalue weighted by atomic mass is 15.1. The van der Waals surface area contributed by atoms with Crippen LogP contribution >= 0.6 is 0 Å². The molecule has 0 N–H and O–H groups in total. The van der Waals surface area contributed by atoms with Gasteiger partial charge in [0.05, 0.1) is 11.2 Å². The molecule has 0 fully saturated rings. The van der Waals surface area contributed by atoms with Gasteiger partial charge in [0.1, 0.15) is 0 Å². The molecular weight excluding hydrogens is 292 g/mol. The summed E-state index contributed by atoms with van der Waals surface area (Å²) in [5.74, 6) is 0. The van der Waals surface area contributed by atoms with Gasteiger partial charge >= 0.3 is 0 Å². The Kier molecular flexibility index (Phi) is 3.34. The van der Waals surface area contributed by atoms with E-state index >= 15 is 0 Å². The summed E-state index contributed by atoms with van der Waals surface area (Å²) in [6.07, 6.45) is 0. The van der Waals surface area contributed by atoms with Crippen LogP contribution < -0.4 is 4.90 Å². The third-order valence-corrected chi connectivity index (χ3v) is 4.96. The van der Waals surface area contributed by atoms with Crippen LogP contribution in [-0.4, -0.2) is 18.7 Å². The molecule has 1 heterocycles. The first-order valence-corrected chi connectivity index (χ1v) is 8.33. The normalized spacial score (nSPS) is 11.3. The Morgan fingerprint density at radius 3 is 2.29 bits per heavy atom. The van der Waals surface area contributed by atoms with Crippen LogP contribution in [-0.2, 0) is 7.05 Å². The average molecular weight is 314 g/mol. The van der Waals surface area contributed by atoms with Crippen LogP contribution in [0.25, 0.3) is 32.9 Å². The highest BCUT2D eigenvalue weighted by molar-refractivity contribution is 6.14. The predicted molar refractivity (Wildman–Crippen MR) is 105 cm³/mol. The summed E-state index contributed by atoms with van der Waals surface area (Å²) >= 11 is 0. The zero-order valence-corrected chi connectivity index (χ0v) is 14.7. The predicted octanol–water partition coefficient (Wildman–Crippen LogP) is 5.37. The second-order valence-corrected chi connectivity index (χ2v) is 6.63. The maximum absolute atomic E-state index is 2.36. The fourth-order valence-corrected chi connectivity index (χ4v) is 3.86. The van der Waals surface area contributed by atoms with Gasteiger partial charge in [-0.25, -0.2) is 0 Å². The number of nitrogens with zero attached hydrogens (tertiary/aromatic N) is 2. The van der Waals surface area contributed by atoms with Crippen molar-refractivity contribution in [1.29, 1.82) is 0 Å². The van der Waals surface area contributed by atoms with E-state index in [0.717, 1.165) is 0 Å². The lowest BCUT2D eigenvalue weighted by molar-refractivity contribution is 0.977. The van der Waals surface area contributed by atoms with Crippen LogP contribution in [0.15, 0.2) is 60.7 Å². The molecule has 0 radical (unpaired) electrons. The van der Waals surface area contributed by atoms with E-state index in [2.05, 4.69) is 98.2 Å². The highest BCUT2D eigenvalue weighted by Crippen LogP contribution is 2.39. The van der Waals surface area contributed by atoms with Gasteiger partial charge in [-0.3, -0.25) is 0 Å². The minimum atomic E-state index is 1.26. The number of benzene rings is 3. The third-order valence-electron chi connectivity index (χ3n) is 4.96. The van der Waals surface area contributed by atoms with Crippen LogP contribution in [0.1, 0.15) is 5.56 Å². The van der Waals surface area contributed by atoms with Gasteiger partial charge in [0, 0.05) is 37.6 Å². The molecule has 0 aliphatic heterocycles. The van der Waals surface area contributed by atoms with E-state index in [1.807, 2.05) is 0 Å². The zero-order chi connectivity index (χ0) is 16.8. The molecule has 0 unspecified atom stereocenters. The maximum Gasteiger partial charge on any atom is 0.0586 e. The van der Waals surface area contributed by atoms with Crippen molar-refractivity contribution in [3.05, 3.63) is 66.2 Å². The number of fused-ring (bicyclic) bond motifs is 3. The van der Waals surface area contributed by atoms with Crippen molar-refractivity contribution >= 4 is 27.4 Å². The first-order chi connectivity index (χ1) is 11.6. The number of hydrogen-bond donors (Lipinski definition) is 0. The van der Waals surface area contributed by atoms with Gasteiger partial charge in [-0.05, 0) is 29.5 Å². The van der Waals surface area contributed by atoms with Crippen LogP contribution in [0.3, 0.4) is 0 Å². The van der Waals surface area contributed by atoms with E-state index in [0.29, 0.717) is 0 Å². The maximum atomic E-state index is 2.36. The Balaban J connectivity index is 2.19. The smallest absolute Gasteiger partial charge is 0.0586 e. The molecule has 1 aromatic heterocycles. The van der Waals surface area contributed by atoms with Crippen molar-refractivity contribution in [2.75, 3.05) is 19.0 Å². The van der Waals surface area contributed by atoms with Crippen molar-refractivity contribution in [2.24, 2.45) is 7.05 Å². The lowest BCUT2D eigenvalue weighted by Crippen LogP contribution is -2.09. The standard InChI is InChI=1S/C22H22N2/c1-15-18-14-13-16-11-8-12-19(23(2)3)20(16)22(18)24(4)21(15)17-9-6-5-7-10-17/h5-14H,1-4H3. The monoisotopic (exact) mass is 314 g/mol. The highest BCUT2D eigenvalue weighted by Gasteiger charge is 2.17.